The first-order chi connectivity index (χ1) is 22.1. The van der Waals surface area contributed by atoms with Gasteiger partial charge in [0.15, 0.2) is 5.65 Å². The minimum absolute atomic E-state index is 0.00612. The van der Waals surface area contributed by atoms with Gasteiger partial charge in [0.05, 0.1) is 25.6 Å². The second kappa shape index (κ2) is 12.8. The number of alkyl carbamates (subject to hydrolysis) is 1. The van der Waals surface area contributed by atoms with E-state index in [9.17, 15) is 9.59 Å². The largest absolute Gasteiger partial charge is 0.444 e. The van der Waals surface area contributed by atoms with Gasteiger partial charge in [-0.2, -0.15) is 4.98 Å². The number of nitrogens with one attached hydrogen (secondary N) is 1. The van der Waals surface area contributed by atoms with Gasteiger partial charge in [0.1, 0.15) is 12.3 Å². The lowest BCUT2D eigenvalue weighted by atomic mass is 9.98. The number of benzene rings is 1. The van der Waals surface area contributed by atoms with Gasteiger partial charge < -0.3 is 24.3 Å². The Kier molecular flexibility index (Phi) is 9.27. The average molecular weight is 699 g/mol. The van der Waals surface area contributed by atoms with E-state index >= 15 is 0 Å². The van der Waals surface area contributed by atoms with E-state index in [1.54, 1.807) is 15.9 Å². The number of anilines is 1. The van der Waals surface area contributed by atoms with Crippen molar-refractivity contribution in [1.29, 1.82) is 0 Å². The van der Waals surface area contributed by atoms with Gasteiger partial charge >= 0.3 is 6.09 Å². The molecule has 0 unspecified atom stereocenters. The topological polar surface area (TPSA) is 104 Å². The normalized spacial score (nSPS) is 20.0. The molecule has 0 aliphatic carbocycles. The molecule has 0 saturated carbocycles. The number of fused-ring (bicyclic) bond motifs is 4. The molecule has 1 amide bonds. The summed E-state index contributed by atoms with van der Waals surface area (Å²) in [6.07, 6.45) is 5.89. The molecule has 13 heteroatoms. The molecule has 2 bridgehead atoms. The van der Waals surface area contributed by atoms with Crippen molar-refractivity contribution in [3.8, 4) is 11.1 Å². The van der Waals surface area contributed by atoms with E-state index in [0.717, 1.165) is 64.5 Å². The highest BCUT2D eigenvalue weighted by molar-refractivity contribution is 7.19. The molecule has 1 N–H and O–H groups in total. The first kappa shape index (κ1) is 33.9. The van der Waals surface area contributed by atoms with Gasteiger partial charge in [0.2, 0.25) is 5.95 Å². The van der Waals surface area contributed by atoms with Crippen LogP contribution >= 0.6 is 22.9 Å². The summed E-state index contributed by atoms with van der Waals surface area (Å²) in [7, 11) is 0.525. The number of carbonyl (C=O) groups is 1. The highest BCUT2D eigenvalue weighted by atomic mass is 35.5. The maximum Gasteiger partial charge on any atom is 0.407 e. The summed E-state index contributed by atoms with van der Waals surface area (Å²) in [6.45, 7) is 15.6. The number of halogens is 1. The Morgan fingerprint density at radius 3 is 2.47 bits per heavy atom. The van der Waals surface area contributed by atoms with Crippen LogP contribution in [0.15, 0.2) is 23.1 Å². The van der Waals surface area contributed by atoms with Gasteiger partial charge in [0, 0.05) is 57.2 Å². The molecule has 2 saturated heterocycles. The Morgan fingerprint density at radius 2 is 1.83 bits per heavy atom. The molecule has 47 heavy (non-hydrogen) atoms. The average Bonchev–Trinajstić information content (AvgIpc) is 3.64. The predicted octanol–water partition coefficient (Wildman–Crippen LogP) is 7.56. The fourth-order valence-corrected chi connectivity index (χ4v) is 8.92. The quantitative estimate of drug-likeness (QED) is 0.142. The summed E-state index contributed by atoms with van der Waals surface area (Å²) in [5.41, 5.74) is 2.32. The van der Waals surface area contributed by atoms with Crippen molar-refractivity contribution in [3.05, 3.63) is 38.7 Å². The highest BCUT2D eigenvalue weighted by Gasteiger charge is 2.43. The Hall–Kier alpha value is -2.93. The van der Waals surface area contributed by atoms with Crippen LogP contribution in [0.5, 0.6) is 0 Å². The molecule has 3 atom stereocenters. The van der Waals surface area contributed by atoms with Crippen LogP contribution in [0.2, 0.25) is 30.7 Å². The van der Waals surface area contributed by atoms with Crippen LogP contribution < -0.4 is 15.8 Å². The van der Waals surface area contributed by atoms with Gasteiger partial charge in [-0.05, 0) is 65.0 Å². The van der Waals surface area contributed by atoms with E-state index < -0.39 is 13.7 Å². The third kappa shape index (κ3) is 6.97. The smallest absolute Gasteiger partial charge is 0.407 e. The molecule has 0 spiro atoms. The second-order valence-corrected chi connectivity index (χ2v) is 22.3. The maximum absolute atomic E-state index is 14.4. The zero-order valence-electron chi connectivity index (χ0n) is 28.8. The number of thiazole rings is 1. The lowest BCUT2D eigenvalue weighted by Crippen LogP contribution is -2.52. The van der Waals surface area contributed by atoms with Crippen molar-refractivity contribution in [2.75, 3.05) is 11.5 Å². The number of piperidine rings is 1. The number of aryl methyl sites for hydroxylation is 1. The van der Waals surface area contributed by atoms with Crippen molar-refractivity contribution in [2.24, 2.45) is 7.05 Å². The minimum Gasteiger partial charge on any atom is -0.444 e. The summed E-state index contributed by atoms with van der Waals surface area (Å²) in [5, 5.41) is 5.24. The first-order valence-electron chi connectivity index (χ1n) is 16.7. The molecule has 2 aliphatic heterocycles. The van der Waals surface area contributed by atoms with Crippen LogP contribution in [0.25, 0.3) is 32.4 Å². The summed E-state index contributed by atoms with van der Waals surface area (Å²) < 4.78 is 16.3. The van der Waals surface area contributed by atoms with Crippen molar-refractivity contribution in [3.63, 3.8) is 0 Å². The highest BCUT2D eigenvalue weighted by Crippen LogP contribution is 2.42. The predicted molar refractivity (Wildman–Crippen MR) is 194 cm³/mol. The molecular formula is C34H47ClN6O4SSi. The monoisotopic (exact) mass is 698 g/mol. The SMILES string of the molecule is CCc1nc2ccc(-c3cn(COCC[Si](C)(C)C)c4nc(N5[C@@H]6CC[C@H]5C[C@@H](NC(=O)OC(C)(C)C)C6)n(C)c(=O)c34)c(Cl)c2s1. The van der Waals surface area contributed by atoms with Crippen LogP contribution in [0.3, 0.4) is 0 Å². The molecular weight excluding hydrogens is 652 g/mol. The summed E-state index contributed by atoms with van der Waals surface area (Å²) in [6, 6.07) is 5.30. The standard InChI is InChI=1S/C34H47ClN6O4SSi/c1-9-26-37-25-13-12-23(28(35)29(25)46-26)24-18-40(19-44-14-15-47(6,7)8)30-27(24)31(42)39(5)32(38-30)41-21-10-11-22(41)17-20(16-21)36-33(43)45-34(2,3)4/h12-13,18,20-22H,9-11,14-17,19H2,1-8H3,(H,36,43)/t20-,21+,22-. The van der Waals surface area contributed by atoms with E-state index in [4.69, 9.17) is 31.0 Å². The molecule has 0 radical (unpaired) electrons. The third-order valence-electron chi connectivity index (χ3n) is 9.12. The number of ether oxygens (including phenoxy) is 2. The van der Waals surface area contributed by atoms with Crippen molar-refractivity contribution < 1.29 is 14.3 Å². The van der Waals surface area contributed by atoms with Gasteiger partial charge in [-0.1, -0.05) is 44.2 Å². The number of amides is 1. The van der Waals surface area contributed by atoms with Crippen LogP contribution in [-0.4, -0.2) is 63.6 Å². The van der Waals surface area contributed by atoms with E-state index in [0.29, 0.717) is 28.6 Å². The zero-order valence-corrected chi connectivity index (χ0v) is 31.3. The van der Waals surface area contributed by atoms with Gasteiger partial charge in [0.25, 0.3) is 5.56 Å². The summed E-state index contributed by atoms with van der Waals surface area (Å²) >= 11 is 8.66. The molecule has 10 nitrogen and oxygen atoms in total. The number of hydrogen-bond donors (Lipinski definition) is 1. The molecule has 5 heterocycles. The van der Waals surface area contributed by atoms with Gasteiger partial charge in [-0.25, -0.2) is 9.78 Å². The molecule has 1 aromatic carbocycles. The van der Waals surface area contributed by atoms with E-state index in [-0.39, 0.29) is 36.5 Å². The zero-order chi connectivity index (χ0) is 33.8. The van der Waals surface area contributed by atoms with Crippen LogP contribution in [0.4, 0.5) is 10.7 Å². The van der Waals surface area contributed by atoms with E-state index in [2.05, 4.69) is 36.8 Å². The Bertz CT molecular complexity index is 1860. The fourth-order valence-electron chi connectivity index (χ4n) is 6.84. The van der Waals surface area contributed by atoms with Crippen LogP contribution in [-0.2, 0) is 29.7 Å². The fraction of sp³-hybridized carbons (Fsp3) is 0.588. The molecule has 254 valence electrons. The summed E-state index contributed by atoms with van der Waals surface area (Å²) in [4.78, 5) is 39.2. The number of hydrogen-bond acceptors (Lipinski definition) is 8. The maximum atomic E-state index is 14.4. The van der Waals surface area contributed by atoms with Gasteiger partial charge in [-0.3, -0.25) is 9.36 Å². The Morgan fingerprint density at radius 1 is 1.13 bits per heavy atom. The molecule has 4 aromatic rings. The van der Waals surface area contributed by atoms with E-state index in [1.807, 2.05) is 50.7 Å². The third-order valence-corrected chi connectivity index (χ3v) is 12.6. The molecule has 2 fully saturated rings. The number of aromatic nitrogens is 4. The number of carbonyl (C=O) groups excluding carboxylic acids is 1. The van der Waals surface area contributed by atoms with E-state index in [1.165, 1.54) is 0 Å². The molecule has 6 rings (SSSR count). The van der Waals surface area contributed by atoms with Crippen molar-refractivity contribution >= 4 is 64.3 Å². The first-order valence-corrected chi connectivity index (χ1v) is 21.6. The second-order valence-electron chi connectivity index (χ2n) is 15.2. The van der Waals surface area contributed by atoms with Gasteiger partial charge in [-0.15, -0.1) is 11.3 Å². The lowest BCUT2D eigenvalue weighted by molar-refractivity contribution is 0.0492. The molecule has 3 aromatic heterocycles. The van der Waals surface area contributed by atoms with Crippen LogP contribution in [0, 0.1) is 0 Å². The minimum atomic E-state index is -1.28. The van der Waals surface area contributed by atoms with Crippen molar-refractivity contribution in [1.82, 2.24) is 24.4 Å². The van der Waals surface area contributed by atoms with Crippen LogP contribution in [0.1, 0.15) is 58.4 Å². The lowest BCUT2D eigenvalue weighted by Gasteiger charge is -2.40. The van der Waals surface area contributed by atoms with Crippen molar-refractivity contribution in [2.45, 2.75) is 116 Å². The Balaban J connectivity index is 1.38. The molecule has 2 aliphatic rings. The number of rotatable bonds is 9. The number of nitrogens with zero attached hydrogens (tertiary/aromatic N) is 5. The Labute approximate surface area is 286 Å². The summed E-state index contributed by atoms with van der Waals surface area (Å²) in [5.74, 6) is 0.648.